The average Bonchev–Trinajstić information content (AvgIpc) is 1.58. The van der Waals surface area contributed by atoms with Crippen LogP contribution < -0.4 is 4.90 Å². The molecule has 0 saturated carbocycles. The zero-order valence-electron chi connectivity index (χ0n) is 72.0. The number of hydrogen-bond donors (Lipinski definition) is 2. The Hall–Kier alpha value is -13.3. The van der Waals surface area contributed by atoms with E-state index in [1.165, 1.54) is 122 Å². The summed E-state index contributed by atoms with van der Waals surface area (Å²) in [4.78, 5) is 21.8. The maximum atomic E-state index is 9.47. The summed E-state index contributed by atoms with van der Waals surface area (Å²) in [6.45, 7) is 25.6. The molecule has 4 heterocycles. The normalized spacial score (nSPS) is 12.2. The van der Waals surface area contributed by atoms with Crippen LogP contribution >= 0.6 is 0 Å². The van der Waals surface area contributed by atoms with E-state index in [0.29, 0.717) is 30.4 Å². The van der Waals surface area contributed by atoms with Crippen molar-refractivity contribution in [3.05, 3.63) is 409 Å². The number of anilines is 3. The van der Waals surface area contributed by atoms with Crippen molar-refractivity contribution in [3.63, 3.8) is 0 Å². The molecule has 1 unspecified atom stereocenters. The molecule has 0 amide bonds. The van der Waals surface area contributed by atoms with Gasteiger partial charge in [0, 0.05) is 106 Å². The SMILES string of the molecule is CC(C)CC(O)=CC(O)CC(C)C.CC1(C)c2ccccc2-c2ccc(N(c3ccc(-c4ccccc4)cc3)c3ccc(-c4ccc5c(c4)c4ccccc4n5-c4ccccc4)cc3)cc21.Cc1[c-]c(-c2ncc(-c3c(C)cccc3C)nc2-c2cc(C)cc(C)c2)cc(C)c1.[Ir].c1ccc(-c2ccnc3c2ccc2c(-c4ccccc4)ccnc23)cc1. The minimum atomic E-state index is -0.501. The molecule has 18 aromatic rings. The minimum absolute atomic E-state index is 0. The third-order valence-electron chi connectivity index (χ3n) is 23.1. The molecular weight excluding hydrogens is 1680 g/mol. The number of allylic oxidation sites excluding steroid dienone is 1. The van der Waals surface area contributed by atoms with Crippen molar-refractivity contribution >= 4 is 60.7 Å². The van der Waals surface area contributed by atoms with Gasteiger partial charge in [0.1, 0.15) is 0 Å². The molecule has 611 valence electrons. The molecule has 0 fully saturated rings. The molecule has 1 atom stereocenters. The van der Waals surface area contributed by atoms with Crippen LogP contribution in [0.15, 0.2) is 358 Å². The molecule has 1 radical (unpaired) electrons. The molecule has 0 spiro atoms. The number of aliphatic hydroxyl groups excluding tert-OH is 2. The summed E-state index contributed by atoms with van der Waals surface area (Å²) in [6.07, 6.45) is 8.07. The molecule has 8 nitrogen and oxygen atoms in total. The van der Waals surface area contributed by atoms with Crippen LogP contribution in [0.25, 0.3) is 139 Å². The van der Waals surface area contributed by atoms with Crippen LogP contribution in [0.2, 0.25) is 0 Å². The Morgan fingerprint density at radius 2 is 0.919 bits per heavy atom. The minimum Gasteiger partial charge on any atom is -0.513 e. The largest absolute Gasteiger partial charge is 0.513 e. The summed E-state index contributed by atoms with van der Waals surface area (Å²) >= 11 is 0. The fourth-order valence-electron chi connectivity index (χ4n) is 17.6. The first-order valence-electron chi connectivity index (χ1n) is 42.5. The summed E-state index contributed by atoms with van der Waals surface area (Å²) in [5.74, 6) is 1.20. The molecule has 2 N–H and O–H groups in total. The Kier molecular flexibility index (Phi) is 25.8. The number of pyridine rings is 2. The van der Waals surface area contributed by atoms with Gasteiger partial charge >= 0.3 is 0 Å². The number of fused-ring (bicyclic) bond motifs is 9. The number of hydrogen-bond acceptors (Lipinski definition) is 7. The molecule has 0 saturated heterocycles. The number of rotatable bonds is 16. The monoisotopic (exact) mass is 1780 g/mol. The first kappa shape index (κ1) is 84.7. The van der Waals surface area contributed by atoms with Crippen LogP contribution in [0, 0.1) is 59.4 Å². The quantitative estimate of drug-likeness (QED) is 0.0565. The number of aryl methyl sites for hydroxylation is 6. The zero-order chi connectivity index (χ0) is 84.7. The molecule has 4 aromatic heterocycles. The van der Waals surface area contributed by atoms with Gasteiger partial charge in [-0.15, -0.1) is 34.9 Å². The van der Waals surface area contributed by atoms with Crippen LogP contribution in [-0.4, -0.2) is 40.8 Å². The van der Waals surface area contributed by atoms with E-state index in [-0.39, 0.29) is 25.5 Å². The summed E-state index contributed by atoms with van der Waals surface area (Å²) in [5.41, 5.74) is 36.9. The van der Waals surface area contributed by atoms with Crippen molar-refractivity contribution < 1.29 is 30.3 Å². The van der Waals surface area contributed by atoms with Gasteiger partial charge in [-0.1, -0.05) is 303 Å². The predicted molar refractivity (Wildman–Crippen MR) is 513 cm³/mol. The first-order valence-corrected chi connectivity index (χ1v) is 42.5. The third-order valence-corrected chi connectivity index (χ3v) is 23.1. The Bertz CT molecular complexity index is 6660. The van der Waals surface area contributed by atoms with Gasteiger partial charge in [-0.05, 0) is 214 Å². The van der Waals surface area contributed by atoms with E-state index in [1.807, 2.05) is 44.6 Å². The standard InChI is InChI=1S/C51H38N2.C28H27N2.C24H16N2.C11H22O2.Ir/c1-51(2)47-19-11-9-17-43(47)44-31-30-42(34-48(44)51)52(40-26-21-36(22-27-40)35-13-5-3-6-14-35)41-28-23-37(24-29-41)38-25-32-50-46(33-38)45-18-10-12-20-49(45)53(50)39-15-7-4-8-16-39;1-17-10-18(2)13-23(12-17)27-28(24-14-19(3)11-20(4)15-24)30-25(16-29-27)26-21(5)8-7-9-22(26)6;1-3-7-17(8-4-1)19-13-15-25-23-21(19)11-12-22-20(14-16-26-24(22)23)18-9-5-2-6-10-18;1-8(2)5-10(12)7-11(13)6-9(3)4;/h3-34H,1-2H3;7-12,14-16H,1-6H3;1-16H;7-10,12-13H,5-6H2,1-4H3;/q;-1;;;. The topological polar surface area (TPSA) is 100 Å². The number of benzene rings is 14. The van der Waals surface area contributed by atoms with E-state index < -0.39 is 6.10 Å². The first-order chi connectivity index (χ1) is 59.2. The van der Waals surface area contributed by atoms with Crippen molar-refractivity contribution in [2.75, 3.05) is 4.90 Å². The number of aliphatic hydroxyl groups is 2. The van der Waals surface area contributed by atoms with E-state index in [0.717, 1.165) is 78.2 Å². The van der Waals surface area contributed by atoms with Gasteiger partial charge < -0.3 is 24.7 Å². The van der Waals surface area contributed by atoms with Crippen LogP contribution in [0.3, 0.4) is 0 Å². The van der Waals surface area contributed by atoms with Crippen molar-refractivity contribution in [3.8, 4) is 95.1 Å². The van der Waals surface area contributed by atoms with Gasteiger partial charge in [-0.2, -0.15) is 0 Å². The van der Waals surface area contributed by atoms with Gasteiger partial charge in [0.25, 0.3) is 0 Å². The summed E-state index contributed by atoms with van der Waals surface area (Å²) < 4.78 is 2.37. The van der Waals surface area contributed by atoms with Crippen molar-refractivity contribution in [1.29, 1.82) is 0 Å². The summed E-state index contributed by atoms with van der Waals surface area (Å²) in [7, 11) is 0. The molecule has 1 aliphatic rings. The molecule has 123 heavy (non-hydrogen) atoms. The number of nitrogens with zero attached hydrogens (tertiary/aromatic N) is 6. The second-order valence-corrected chi connectivity index (χ2v) is 33.7. The molecule has 1 aliphatic carbocycles. The van der Waals surface area contributed by atoms with Crippen LogP contribution in [0.1, 0.15) is 98.9 Å². The number of aromatic nitrogens is 5. The van der Waals surface area contributed by atoms with Crippen LogP contribution in [0.5, 0.6) is 0 Å². The van der Waals surface area contributed by atoms with E-state index in [4.69, 9.17) is 9.97 Å². The molecule has 19 rings (SSSR count). The fourth-order valence-corrected chi connectivity index (χ4v) is 17.6. The van der Waals surface area contributed by atoms with Gasteiger partial charge in [0.15, 0.2) is 0 Å². The fraction of sp³-hybridized carbons (Fsp3) is 0.158. The number of para-hydroxylation sites is 2. The predicted octanol–water partition coefficient (Wildman–Crippen LogP) is 30.0. The van der Waals surface area contributed by atoms with Gasteiger partial charge in [-0.3, -0.25) is 15.0 Å². The maximum absolute atomic E-state index is 9.47. The summed E-state index contributed by atoms with van der Waals surface area (Å²) in [6, 6.07) is 121. The average molecular weight is 1780 g/mol. The Labute approximate surface area is 738 Å². The summed E-state index contributed by atoms with van der Waals surface area (Å²) in [5, 5.41) is 23.6. The van der Waals surface area contributed by atoms with Crippen molar-refractivity contribution in [2.24, 2.45) is 11.8 Å². The molecule has 0 aliphatic heterocycles. The molecular formula is C114H103IrN6O2-. The molecule has 9 heteroatoms. The van der Waals surface area contributed by atoms with Gasteiger partial charge in [0.2, 0.25) is 0 Å². The van der Waals surface area contributed by atoms with Gasteiger partial charge in [0.05, 0.1) is 45.3 Å². The van der Waals surface area contributed by atoms with E-state index in [2.05, 4.69) is 410 Å². The second-order valence-electron chi connectivity index (χ2n) is 33.7. The van der Waals surface area contributed by atoms with Crippen LogP contribution in [-0.2, 0) is 25.5 Å². The van der Waals surface area contributed by atoms with E-state index >= 15 is 0 Å². The smallest absolute Gasteiger partial charge is 0.0970 e. The maximum Gasteiger partial charge on any atom is 0.0970 e. The van der Waals surface area contributed by atoms with Crippen molar-refractivity contribution in [2.45, 2.75) is 107 Å². The van der Waals surface area contributed by atoms with Crippen molar-refractivity contribution in [1.82, 2.24) is 24.5 Å². The Morgan fingerprint density at radius 3 is 1.50 bits per heavy atom. The third kappa shape index (κ3) is 18.5. The molecule has 14 aromatic carbocycles. The van der Waals surface area contributed by atoms with E-state index in [1.54, 1.807) is 6.08 Å². The molecule has 0 bridgehead atoms. The van der Waals surface area contributed by atoms with E-state index in [9.17, 15) is 10.2 Å². The van der Waals surface area contributed by atoms with Crippen LogP contribution in [0.4, 0.5) is 17.1 Å². The van der Waals surface area contributed by atoms with Gasteiger partial charge in [-0.25, -0.2) is 0 Å². The zero-order valence-corrected chi connectivity index (χ0v) is 74.4. The Balaban J connectivity index is 0.000000142. The second kappa shape index (κ2) is 37.4. The Morgan fingerprint density at radius 1 is 0.415 bits per heavy atom.